The van der Waals surface area contributed by atoms with Crippen molar-refractivity contribution in [1.29, 1.82) is 0 Å². The highest BCUT2D eigenvalue weighted by Gasteiger charge is 2.19. The molecule has 0 saturated heterocycles. The van der Waals surface area contributed by atoms with Crippen LogP contribution in [0.5, 0.6) is 5.75 Å². The molecule has 3 aromatic rings. The van der Waals surface area contributed by atoms with Crippen LogP contribution in [0.1, 0.15) is 45.7 Å². The van der Waals surface area contributed by atoms with E-state index in [4.69, 9.17) is 14.5 Å². The van der Waals surface area contributed by atoms with Crippen LogP contribution in [0.2, 0.25) is 0 Å². The predicted octanol–water partition coefficient (Wildman–Crippen LogP) is 4.68. The van der Waals surface area contributed by atoms with Crippen molar-refractivity contribution in [2.75, 3.05) is 18.5 Å². The van der Waals surface area contributed by atoms with Gasteiger partial charge in [0.05, 0.1) is 24.3 Å². The van der Waals surface area contributed by atoms with Gasteiger partial charge in [0.25, 0.3) is 5.91 Å². The van der Waals surface area contributed by atoms with E-state index in [1.165, 1.54) is 12.1 Å². The Bertz CT molecular complexity index is 1130. The summed E-state index contributed by atoms with van der Waals surface area (Å²) in [6.07, 6.45) is 0. The number of carbonyl (C=O) groups excluding carboxylic acids is 1. The van der Waals surface area contributed by atoms with E-state index < -0.39 is 11.9 Å². The van der Waals surface area contributed by atoms with Crippen LogP contribution in [0.15, 0.2) is 72.8 Å². The molecule has 8 heteroatoms. The maximum Gasteiger partial charge on any atom is 0.336 e. The van der Waals surface area contributed by atoms with Crippen LogP contribution in [-0.4, -0.2) is 35.3 Å². The molecule has 0 aliphatic rings. The number of anilines is 1. The lowest BCUT2D eigenvalue weighted by Crippen LogP contribution is -2.25. The molecular weight excluding hydrogens is 450 g/mol. The molecule has 0 heterocycles. The largest absolute Gasteiger partial charge is 0.493 e. The summed E-state index contributed by atoms with van der Waals surface area (Å²) in [7, 11) is 0. The number of nitrogens with one attached hydrogen (secondary N) is 1. The van der Waals surface area contributed by atoms with E-state index in [1.807, 2.05) is 44.2 Å². The van der Waals surface area contributed by atoms with Gasteiger partial charge in [0.15, 0.2) is 0 Å². The Balaban J connectivity index is 1.62. The van der Waals surface area contributed by atoms with E-state index in [9.17, 15) is 19.8 Å². The van der Waals surface area contributed by atoms with E-state index in [0.717, 1.165) is 5.56 Å². The van der Waals surface area contributed by atoms with Crippen molar-refractivity contribution >= 4 is 17.6 Å². The Kier molecular flexibility index (Phi) is 8.97. The van der Waals surface area contributed by atoms with Crippen LogP contribution in [-0.2, 0) is 23.0 Å². The van der Waals surface area contributed by atoms with Gasteiger partial charge < -0.3 is 20.3 Å². The molecule has 3 N–H and O–H groups in total. The molecular formula is C27H29NO7. The summed E-state index contributed by atoms with van der Waals surface area (Å²) in [4.78, 5) is 35.0. The quantitative estimate of drug-likeness (QED) is 0.196. The number of aliphatic hydroxyl groups is 1. The average molecular weight is 480 g/mol. The third kappa shape index (κ3) is 7.92. The van der Waals surface area contributed by atoms with Crippen LogP contribution >= 0.6 is 0 Å². The second-order valence-electron chi connectivity index (χ2n) is 8.78. The zero-order valence-corrected chi connectivity index (χ0v) is 19.7. The average Bonchev–Trinajstić information content (AvgIpc) is 2.86. The molecule has 0 fully saturated rings. The highest BCUT2D eigenvalue weighted by Crippen LogP contribution is 2.21. The number of carboxylic acid groups (broad SMARTS) is 1. The fourth-order valence-corrected chi connectivity index (χ4v) is 3.01. The van der Waals surface area contributed by atoms with Gasteiger partial charge in [0.1, 0.15) is 19.0 Å². The molecule has 3 rings (SSSR count). The zero-order chi connectivity index (χ0) is 25.3. The van der Waals surface area contributed by atoms with Gasteiger partial charge in [-0.25, -0.2) is 14.6 Å². The van der Waals surface area contributed by atoms with Crippen LogP contribution in [0.25, 0.3) is 0 Å². The van der Waals surface area contributed by atoms with E-state index in [-0.39, 0.29) is 36.4 Å². The number of aromatic carboxylic acids is 1. The van der Waals surface area contributed by atoms with Gasteiger partial charge in [-0.15, -0.1) is 0 Å². The first-order chi connectivity index (χ1) is 16.8. The SMILES string of the molecule is CC(C)(CO)COc1ccc(NC(=O)c2cc(COOCc3ccccc3)ccc2C(=O)O)cc1. The number of ether oxygens (including phenoxy) is 1. The standard InChI is InChI=1S/C27H29NO7/c1-27(2,17-29)18-33-22-11-9-21(10-12-22)28-25(30)24-14-20(8-13-23(24)26(31)32)16-35-34-15-19-6-4-3-5-7-19/h3-14,29H,15-18H2,1-2H3,(H,28,30)(H,31,32). The minimum atomic E-state index is -1.21. The number of rotatable bonds is 12. The number of aliphatic hydroxyl groups excluding tert-OH is 1. The van der Waals surface area contributed by atoms with Crippen molar-refractivity contribution < 1.29 is 34.3 Å². The van der Waals surface area contributed by atoms with E-state index in [2.05, 4.69) is 5.32 Å². The Morgan fingerprint density at radius 3 is 2.14 bits per heavy atom. The maximum absolute atomic E-state index is 12.9. The van der Waals surface area contributed by atoms with Gasteiger partial charge in [-0.1, -0.05) is 50.2 Å². The summed E-state index contributed by atoms with van der Waals surface area (Å²) in [6.45, 7) is 4.41. The molecule has 0 aliphatic carbocycles. The number of carbonyl (C=O) groups is 2. The monoisotopic (exact) mass is 479 g/mol. The number of hydrogen-bond acceptors (Lipinski definition) is 6. The van der Waals surface area contributed by atoms with Crippen LogP contribution in [0.4, 0.5) is 5.69 Å². The highest BCUT2D eigenvalue weighted by atomic mass is 17.2. The van der Waals surface area contributed by atoms with Crippen molar-refractivity contribution in [2.24, 2.45) is 5.41 Å². The van der Waals surface area contributed by atoms with Crippen LogP contribution < -0.4 is 10.1 Å². The van der Waals surface area contributed by atoms with Gasteiger partial charge in [-0.05, 0) is 47.5 Å². The molecule has 8 nitrogen and oxygen atoms in total. The Morgan fingerprint density at radius 1 is 0.857 bits per heavy atom. The number of benzene rings is 3. The highest BCUT2D eigenvalue weighted by molar-refractivity contribution is 6.10. The fraction of sp³-hybridized carbons (Fsp3) is 0.259. The van der Waals surface area contributed by atoms with Crippen molar-refractivity contribution in [1.82, 2.24) is 0 Å². The molecule has 0 aliphatic heterocycles. The van der Waals surface area contributed by atoms with E-state index in [1.54, 1.807) is 30.3 Å². The van der Waals surface area contributed by atoms with Crippen molar-refractivity contribution in [3.8, 4) is 5.75 Å². The lowest BCUT2D eigenvalue weighted by Gasteiger charge is -2.21. The predicted molar refractivity (Wildman–Crippen MR) is 130 cm³/mol. The van der Waals surface area contributed by atoms with Crippen molar-refractivity contribution in [2.45, 2.75) is 27.1 Å². The third-order valence-corrected chi connectivity index (χ3v) is 5.11. The molecule has 0 radical (unpaired) electrons. The summed E-state index contributed by atoms with van der Waals surface area (Å²) >= 11 is 0. The summed E-state index contributed by atoms with van der Waals surface area (Å²) in [5.74, 6) is -1.19. The summed E-state index contributed by atoms with van der Waals surface area (Å²) in [5.41, 5.74) is 1.52. The summed E-state index contributed by atoms with van der Waals surface area (Å²) < 4.78 is 5.67. The molecule has 1 amide bonds. The minimum Gasteiger partial charge on any atom is -0.493 e. The van der Waals surface area contributed by atoms with Crippen molar-refractivity contribution in [3.05, 3.63) is 95.1 Å². The molecule has 0 spiro atoms. The second-order valence-corrected chi connectivity index (χ2v) is 8.78. The first kappa shape index (κ1) is 25.9. The topological polar surface area (TPSA) is 114 Å². The summed E-state index contributed by atoms with van der Waals surface area (Å²) in [6, 6.07) is 20.6. The lowest BCUT2D eigenvalue weighted by molar-refractivity contribution is -0.313. The molecule has 35 heavy (non-hydrogen) atoms. The summed E-state index contributed by atoms with van der Waals surface area (Å²) in [5, 5.41) is 21.6. The molecule has 0 aromatic heterocycles. The Labute approximate surface area is 204 Å². The van der Waals surface area contributed by atoms with Crippen LogP contribution in [0, 0.1) is 5.41 Å². The van der Waals surface area contributed by atoms with E-state index >= 15 is 0 Å². The fourth-order valence-electron chi connectivity index (χ4n) is 3.01. The Hall–Kier alpha value is -3.72. The first-order valence-corrected chi connectivity index (χ1v) is 11.1. The molecule has 3 aromatic carbocycles. The van der Waals surface area contributed by atoms with Gasteiger partial charge in [-0.2, -0.15) is 0 Å². The van der Waals surface area contributed by atoms with Gasteiger partial charge in [0.2, 0.25) is 0 Å². The number of amides is 1. The first-order valence-electron chi connectivity index (χ1n) is 11.1. The molecule has 184 valence electrons. The minimum absolute atomic E-state index is 0.00366. The maximum atomic E-state index is 12.9. The number of hydrogen-bond donors (Lipinski definition) is 3. The third-order valence-electron chi connectivity index (χ3n) is 5.11. The Morgan fingerprint density at radius 2 is 1.51 bits per heavy atom. The van der Waals surface area contributed by atoms with E-state index in [0.29, 0.717) is 23.6 Å². The molecule has 0 saturated carbocycles. The zero-order valence-electron chi connectivity index (χ0n) is 19.7. The molecule has 0 bridgehead atoms. The smallest absolute Gasteiger partial charge is 0.336 e. The molecule has 0 unspecified atom stereocenters. The molecule has 0 atom stereocenters. The van der Waals surface area contributed by atoms with Crippen LogP contribution in [0.3, 0.4) is 0 Å². The van der Waals surface area contributed by atoms with Crippen molar-refractivity contribution in [3.63, 3.8) is 0 Å². The second kappa shape index (κ2) is 12.1. The number of carboxylic acids is 1. The lowest BCUT2D eigenvalue weighted by atomic mass is 9.96. The van der Waals surface area contributed by atoms with Gasteiger partial charge in [-0.3, -0.25) is 4.79 Å². The normalized spacial score (nSPS) is 11.2. The van der Waals surface area contributed by atoms with Gasteiger partial charge in [0, 0.05) is 11.1 Å². The van der Waals surface area contributed by atoms with Gasteiger partial charge >= 0.3 is 5.97 Å².